The molecule has 0 fully saturated rings. The second kappa shape index (κ2) is 14.1. The number of aryl methyl sites for hydroxylation is 1. The number of methoxy groups -OCH3 is 2. The van der Waals surface area contributed by atoms with E-state index in [1.807, 2.05) is 13.8 Å². The average molecular weight is 549 g/mol. The lowest BCUT2D eigenvalue weighted by Gasteiger charge is -2.20. The molecule has 2 amide bonds. The molecule has 2 aromatic rings. The molecular formula is C27H33ClN2O6S. The summed E-state index contributed by atoms with van der Waals surface area (Å²) in [6.07, 6.45) is -0.0177. The number of carbonyl (C=O) groups is 3. The number of hydrogen-bond acceptors (Lipinski definition) is 6. The molecule has 2 rings (SSSR count). The van der Waals surface area contributed by atoms with Gasteiger partial charge in [-0.15, -0.1) is 11.8 Å². The fourth-order valence-corrected chi connectivity index (χ4v) is 4.75. The van der Waals surface area contributed by atoms with Crippen LogP contribution < -0.4 is 10.6 Å². The van der Waals surface area contributed by atoms with Gasteiger partial charge in [0.15, 0.2) is 0 Å². The Morgan fingerprint density at radius 2 is 1.73 bits per heavy atom. The zero-order valence-corrected chi connectivity index (χ0v) is 23.3. The van der Waals surface area contributed by atoms with Crippen molar-refractivity contribution in [1.29, 1.82) is 0 Å². The molecule has 200 valence electrons. The van der Waals surface area contributed by atoms with Gasteiger partial charge in [0.2, 0.25) is 0 Å². The molecule has 0 radical (unpaired) electrons. The lowest BCUT2D eigenvalue weighted by molar-refractivity contribution is -0.139. The Hall–Kier alpha value is -3.01. The number of anilines is 1. The number of hydrogen-bond donors (Lipinski definition) is 3. The first-order valence-corrected chi connectivity index (χ1v) is 12.9. The molecule has 37 heavy (non-hydrogen) atoms. The van der Waals surface area contributed by atoms with E-state index in [1.165, 1.54) is 18.9 Å². The fourth-order valence-electron chi connectivity index (χ4n) is 3.36. The van der Waals surface area contributed by atoms with Crippen molar-refractivity contribution >= 4 is 46.8 Å². The normalized spacial score (nSPS) is 14.1. The van der Waals surface area contributed by atoms with Gasteiger partial charge in [-0.2, -0.15) is 0 Å². The summed E-state index contributed by atoms with van der Waals surface area (Å²) in [4.78, 5) is 38.0. The number of benzene rings is 2. The van der Waals surface area contributed by atoms with Crippen molar-refractivity contribution in [3.63, 3.8) is 0 Å². The summed E-state index contributed by atoms with van der Waals surface area (Å²) in [7, 11) is 3.13. The number of allylic oxidation sites excluding steroid dienone is 1. The number of carboxylic acid groups (broad SMARTS) is 1. The summed E-state index contributed by atoms with van der Waals surface area (Å²) in [5, 5.41) is 15.3. The van der Waals surface area contributed by atoms with Crippen LogP contribution in [0.3, 0.4) is 0 Å². The molecule has 0 spiro atoms. The zero-order valence-electron chi connectivity index (χ0n) is 21.8. The van der Waals surface area contributed by atoms with E-state index >= 15 is 0 Å². The van der Waals surface area contributed by atoms with Crippen LogP contribution in [0.15, 0.2) is 53.1 Å². The number of carboxylic acids is 1. The van der Waals surface area contributed by atoms with Gasteiger partial charge < -0.3 is 25.2 Å². The van der Waals surface area contributed by atoms with Gasteiger partial charge in [-0.05, 0) is 50.1 Å². The van der Waals surface area contributed by atoms with Crippen LogP contribution in [0.4, 0.5) is 5.69 Å². The first kappa shape index (κ1) is 30.2. The number of halogens is 1. The number of ether oxygens (including phenoxy) is 2. The van der Waals surface area contributed by atoms with E-state index in [0.29, 0.717) is 27.5 Å². The van der Waals surface area contributed by atoms with Gasteiger partial charge in [-0.3, -0.25) is 9.59 Å². The highest BCUT2D eigenvalue weighted by Crippen LogP contribution is 2.29. The van der Waals surface area contributed by atoms with E-state index in [0.717, 1.165) is 0 Å². The van der Waals surface area contributed by atoms with E-state index in [2.05, 4.69) is 10.6 Å². The highest BCUT2D eigenvalue weighted by atomic mass is 35.5. The van der Waals surface area contributed by atoms with Crippen LogP contribution in [0, 0.1) is 6.92 Å². The summed E-state index contributed by atoms with van der Waals surface area (Å²) in [5.74, 6) is -1.56. The molecule has 3 N–H and O–H groups in total. The van der Waals surface area contributed by atoms with Crippen molar-refractivity contribution in [3.8, 4) is 0 Å². The van der Waals surface area contributed by atoms with Crippen LogP contribution in [0.2, 0.25) is 5.02 Å². The fraction of sp³-hybridized carbons (Fsp3) is 0.370. The molecule has 8 nitrogen and oxygen atoms in total. The number of nitrogens with one attached hydrogen (secondary N) is 2. The molecule has 0 aliphatic carbocycles. The summed E-state index contributed by atoms with van der Waals surface area (Å²) in [5.41, 5.74) is 2.10. The molecule has 3 unspecified atom stereocenters. The van der Waals surface area contributed by atoms with Crippen molar-refractivity contribution in [2.45, 2.75) is 51.5 Å². The third kappa shape index (κ3) is 8.52. The van der Waals surface area contributed by atoms with Crippen LogP contribution in [0.25, 0.3) is 0 Å². The molecule has 2 aromatic carbocycles. The summed E-state index contributed by atoms with van der Waals surface area (Å²) >= 11 is 7.51. The number of thioether (sulfide) groups is 1. The first-order valence-electron chi connectivity index (χ1n) is 11.6. The largest absolute Gasteiger partial charge is 0.500 e. The molecule has 0 heterocycles. The highest BCUT2D eigenvalue weighted by Gasteiger charge is 2.24. The zero-order chi connectivity index (χ0) is 27.7. The molecule has 0 saturated heterocycles. The van der Waals surface area contributed by atoms with Crippen molar-refractivity contribution in [1.82, 2.24) is 5.32 Å². The maximum Gasteiger partial charge on any atom is 0.326 e. The van der Waals surface area contributed by atoms with Gasteiger partial charge >= 0.3 is 5.97 Å². The smallest absolute Gasteiger partial charge is 0.326 e. The van der Waals surface area contributed by atoms with Crippen molar-refractivity contribution in [2.24, 2.45) is 0 Å². The third-order valence-corrected chi connectivity index (χ3v) is 7.65. The first-order chi connectivity index (χ1) is 17.5. The topological polar surface area (TPSA) is 114 Å². The third-order valence-electron chi connectivity index (χ3n) is 5.87. The van der Waals surface area contributed by atoms with Gasteiger partial charge in [0.1, 0.15) is 16.7 Å². The molecule has 10 heteroatoms. The van der Waals surface area contributed by atoms with E-state index < -0.39 is 17.9 Å². The number of amides is 2. The Bertz CT molecular complexity index is 1130. The molecule has 0 aromatic heterocycles. The van der Waals surface area contributed by atoms with Crippen LogP contribution in [-0.4, -0.2) is 54.5 Å². The van der Waals surface area contributed by atoms with Gasteiger partial charge in [0.05, 0.1) is 23.8 Å². The second-order valence-corrected chi connectivity index (χ2v) is 10.3. The Morgan fingerprint density at radius 1 is 1.08 bits per heavy atom. The van der Waals surface area contributed by atoms with E-state index in [4.69, 9.17) is 21.1 Å². The Morgan fingerprint density at radius 3 is 2.27 bits per heavy atom. The Kier molecular flexibility index (Phi) is 11.5. The molecule has 0 bridgehead atoms. The lowest BCUT2D eigenvalue weighted by atomic mass is 10.0. The second-order valence-electron chi connectivity index (χ2n) is 8.50. The van der Waals surface area contributed by atoms with E-state index in [1.54, 1.807) is 63.4 Å². The lowest BCUT2D eigenvalue weighted by Crippen LogP contribution is -2.42. The van der Waals surface area contributed by atoms with Crippen molar-refractivity contribution in [2.75, 3.05) is 19.5 Å². The molecule has 3 atom stereocenters. The molecule has 0 aliphatic heterocycles. The number of rotatable bonds is 12. The minimum absolute atomic E-state index is 0.0101. The number of carbonyl (C=O) groups excluding carboxylic acids is 2. The average Bonchev–Trinajstić information content (AvgIpc) is 2.86. The van der Waals surface area contributed by atoms with Gasteiger partial charge in [-0.25, -0.2) is 4.79 Å². The number of aliphatic carboxylic acids is 1. The van der Waals surface area contributed by atoms with Crippen LogP contribution in [0.5, 0.6) is 0 Å². The SMILES string of the molecule is COC(C)=C(SC(C)C(C)OC)C(=O)Nc1ccc(CC(NC(=O)c2c(C)cccc2Cl)C(=O)O)cc1. The van der Waals surface area contributed by atoms with E-state index in [9.17, 15) is 19.5 Å². The minimum atomic E-state index is -1.17. The predicted octanol–water partition coefficient (Wildman–Crippen LogP) is 5.05. The van der Waals surface area contributed by atoms with Crippen LogP contribution >= 0.6 is 23.4 Å². The molecule has 0 aliphatic rings. The highest BCUT2D eigenvalue weighted by molar-refractivity contribution is 8.04. The van der Waals surface area contributed by atoms with Crippen LogP contribution in [0.1, 0.15) is 42.3 Å². The Balaban J connectivity index is 2.11. The van der Waals surface area contributed by atoms with Gasteiger partial charge in [0, 0.05) is 24.5 Å². The minimum Gasteiger partial charge on any atom is -0.500 e. The maximum atomic E-state index is 13.0. The monoisotopic (exact) mass is 548 g/mol. The molecule has 0 saturated carbocycles. The summed E-state index contributed by atoms with van der Waals surface area (Å²) in [6.45, 7) is 7.35. The van der Waals surface area contributed by atoms with E-state index in [-0.39, 0.29) is 34.3 Å². The summed E-state index contributed by atoms with van der Waals surface area (Å²) in [6, 6.07) is 10.6. The maximum absolute atomic E-state index is 13.0. The van der Waals surface area contributed by atoms with Crippen LogP contribution in [-0.2, 0) is 25.5 Å². The molecular weight excluding hydrogens is 516 g/mol. The summed E-state index contributed by atoms with van der Waals surface area (Å²) < 4.78 is 10.7. The van der Waals surface area contributed by atoms with Crippen molar-refractivity contribution < 1.29 is 29.0 Å². The predicted molar refractivity (Wildman–Crippen MR) is 147 cm³/mol. The quantitative estimate of drug-likeness (QED) is 0.251. The Labute approximate surface area is 226 Å². The van der Waals surface area contributed by atoms with Gasteiger partial charge in [0.25, 0.3) is 11.8 Å². The van der Waals surface area contributed by atoms with Crippen molar-refractivity contribution in [3.05, 3.63) is 74.8 Å². The standard InChI is InChI=1S/C27H33ClN2O6S/c1-15-8-7-9-21(28)23(15)25(31)30-22(27(33)34)14-19-10-12-20(13-11-19)29-26(32)24(17(3)36-6)37-18(4)16(2)35-5/h7-13,16,18,22H,14H2,1-6H3,(H,29,32)(H,30,31)(H,33,34). The van der Waals surface area contributed by atoms with Gasteiger partial charge in [-0.1, -0.05) is 42.8 Å².